The summed E-state index contributed by atoms with van der Waals surface area (Å²) in [6.45, 7) is 3.40. The maximum atomic E-state index is 12.3. The van der Waals surface area contributed by atoms with E-state index in [9.17, 15) is 9.90 Å². The van der Waals surface area contributed by atoms with Crippen molar-refractivity contribution in [3.05, 3.63) is 63.6 Å². The van der Waals surface area contributed by atoms with Crippen LogP contribution in [0.4, 0.5) is 0 Å². The molecule has 0 radical (unpaired) electrons. The van der Waals surface area contributed by atoms with Crippen LogP contribution in [0.2, 0.25) is 0 Å². The Morgan fingerprint density at radius 3 is 2.54 bits per heavy atom. The van der Waals surface area contributed by atoms with E-state index < -0.39 is 5.60 Å². The van der Waals surface area contributed by atoms with Gasteiger partial charge in [-0.1, -0.05) is 29.8 Å². The summed E-state index contributed by atoms with van der Waals surface area (Å²) in [5, 5.41) is 15.9. The first-order valence-corrected chi connectivity index (χ1v) is 10.6. The van der Waals surface area contributed by atoms with E-state index >= 15 is 0 Å². The molecule has 5 nitrogen and oxygen atoms in total. The minimum atomic E-state index is -0.839. The predicted octanol–water partition coefficient (Wildman–Crippen LogP) is 2.99. The third kappa shape index (κ3) is 3.53. The number of rotatable bonds is 5. The zero-order valence-corrected chi connectivity index (χ0v) is 16.6. The summed E-state index contributed by atoms with van der Waals surface area (Å²) in [4.78, 5) is 14.9. The quantitative estimate of drug-likeness (QED) is 0.868. The van der Waals surface area contributed by atoms with Gasteiger partial charge in [0.1, 0.15) is 0 Å². The van der Waals surface area contributed by atoms with Gasteiger partial charge in [-0.2, -0.15) is 5.10 Å². The number of aliphatic hydroxyl groups is 1. The predicted molar refractivity (Wildman–Crippen MR) is 108 cm³/mol. The van der Waals surface area contributed by atoms with Crippen molar-refractivity contribution in [2.75, 3.05) is 0 Å². The Labute approximate surface area is 166 Å². The van der Waals surface area contributed by atoms with Gasteiger partial charge in [0.25, 0.3) is 5.56 Å². The smallest absolute Gasteiger partial charge is 0.266 e. The first-order chi connectivity index (χ1) is 13.5. The highest BCUT2D eigenvalue weighted by atomic mass is 16.3. The lowest BCUT2D eigenvalue weighted by molar-refractivity contribution is -0.0678. The van der Waals surface area contributed by atoms with Crippen LogP contribution in [0.1, 0.15) is 61.3 Å². The minimum Gasteiger partial charge on any atom is -0.388 e. The number of hydrogen-bond donors (Lipinski definition) is 1. The Balaban J connectivity index is 1.32. The number of hydrogen-bond acceptors (Lipinski definition) is 4. The van der Waals surface area contributed by atoms with E-state index in [2.05, 4.69) is 41.2 Å². The van der Waals surface area contributed by atoms with Gasteiger partial charge in [0.05, 0.1) is 17.8 Å². The highest BCUT2D eigenvalue weighted by Gasteiger charge is 2.47. The van der Waals surface area contributed by atoms with Crippen molar-refractivity contribution in [3.8, 4) is 0 Å². The highest BCUT2D eigenvalue weighted by molar-refractivity contribution is 5.23. The lowest BCUT2D eigenvalue weighted by atomic mass is 9.85. The van der Waals surface area contributed by atoms with Crippen molar-refractivity contribution in [1.82, 2.24) is 14.7 Å². The van der Waals surface area contributed by atoms with Gasteiger partial charge < -0.3 is 5.11 Å². The Hall–Kier alpha value is -1.98. The summed E-state index contributed by atoms with van der Waals surface area (Å²) in [6, 6.07) is 12.9. The molecule has 3 fully saturated rings. The molecule has 1 saturated carbocycles. The van der Waals surface area contributed by atoms with Crippen LogP contribution >= 0.6 is 0 Å². The van der Waals surface area contributed by atoms with Crippen molar-refractivity contribution >= 4 is 0 Å². The third-order valence-corrected chi connectivity index (χ3v) is 6.78. The van der Waals surface area contributed by atoms with Crippen LogP contribution in [0.25, 0.3) is 0 Å². The third-order valence-electron chi connectivity index (χ3n) is 6.78. The molecule has 0 spiro atoms. The normalized spacial score (nSPS) is 29.9. The van der Waals surface area contributed by atoms with Gasteiger partial charge in [0.2, 0.25) is 0 Å². The first kappa shape index (κ1) is 18.1. The molecule has 1 N–H and O–H groups in total. The molecular weight excluding hydrogens is 350 g/mol. The standard InChI is InChI=1S/C23H29N3O2/c1-16-3-2-4-17(11-16)14-25-19-7-8-20(25)13-23(28,12-19)15-26-22(27)10-9-21(24-26)18-5-6-18/h2-4,9-11,18-20,28H,5-8,12-15H2,1H3/t19-,20-/m0/s1. The fraction of sp³-hybridized carbons (Fsp3) is 0.565. The number of fused-ring (bicyclic) bond motifs is 2. The van der Waals surface area contributed by atoms with Crippen LogP contribution in [0.3, 0.4) is 0 Å². The van der Waals surface area contributed by atoms with Gasteiger partial charge in [0, 0.05) is 30.6 Å². The van der Waals surface area contributed by atoms with Gasteiger partial charge in [0.15, 0.2) is 0 Å². The van der Waals surface area contributed by atoms with Crippen molar-refractivity contribution in [3.63, 3.8) is 0 Å². The number of benzene rings is 1. The summed E-state index contributed by atoms with van der Waals surface area (Å²) >= 11 is 0. The fourth-order valence-electron chi connectivity index (χ4n) is 5.28. The van der Waals surface area contributed by atoms with Gasteiger partial charge in [-0.25, -0.2) is 4.68 Å². The molecule has 2 aromatic rings. The molecule has 0 amide bonds. The van der Waals surface area contributed by atoms with E-state index in [0.29, 0.717) is 24.5 Å². The van der Waals surface area contributed by atoms with E-state index in [4.69, 9.17) is 0 Å². The molecule has 3 heterocycles. The molecule has 2 atom stereocenters. The zero-order chi connectivity index (χ0) is 19.3. The summed E-state index contributed by atoms with van der Waals surface area (Å²) in [7, 11) is 0. The topological polar surface area (TPSA) is 58.4 Å². The van der Waals surface area contributed by atoms with Crippen molar-refractivity contribution in [2.24, 2.45) is 0 Å². The fourth-order valence-corrected chi connectivity index (χ4v) is 5.28. The van der Waals surface area contributed by atoms with Gasteiger partial charge in [-0.05, 0) is 57.1 Å². The molecule has 1 aromatic carbocycles. The van der Waals surface area contributed by atoms with Gasteiger partial charge in [-0.3, -0.25) is 9.69 Å². The second-order valence-corrected chi connectivity index (χ2v) is 9.21. The lowest BCUT2D eigenvalue weighted by Gasteiger charge is -2.44. The Morgan fingerprint density at radius 1 is 1.11 bits per heavy atom. The van der Waals surface area contributed by atoms with Gasteiger partial charge >= 0.3 is 0 Å². The van der Waals surface area contributed by atoms with Crippen LogP contribution in [-0.2, 0) is 13.1 Å². The summed E-state index contributed by atoms with van der Waals surface area (Å²) in [5.41, 5.74) is 2.70. The van der Waals surface area contributed by atoms with E-state index in [1.165, 1.54) is 15.8 Å². The van der Waals surface area contributed by atoms with Crippen LogP contribution in [0, 0.1) is 6.92 Å². The molecular formula is C23H29N3O2. The minimum absolute atomic E-state index is 0.104. The number of piperidine rings is 1. The molecule has 1 aromatic heterocycles. The molecule has 3 aliphatic rings. The first-order valence-electron chi connectivity index (χ1n) is 10.6. The highest BCUT2D eigenvalue weighted by Crippen LogP contribution is 2.42. The average molecular weight is 380 g/mol. The molecule has 5 rings (SSSR count). The second kappa shape index (κ2) is 6.82. The van der Waals surface area contributed by atoms with E-state index in [1.807, 2.05) is 6.07 Å². The maximum Gasteiger partial charge on any atom is 0.266 e. The largest absolute Gasteiger partial charge is 0.388 e. The molecule has 2 bridgehead atoms. The SMILES string of the molecule is Cc1cccc(CN2[C@H]3CC[C@H]2CC(O)(Cn2nc(C4CC4)ccc2=O)C3)c1. The summed E-state index contributed by atoms with van der Waals surface area (Å²) < 4.78 is 1.52. The van der Waals surface area contributed by atoms with Crippen LogP contribution in [-0.4, -0.2) is 37.5 Å². The van der Waals surface area contributed by atoms with E-state index in [0.717, 1.165) is 50.8 Å². The molecule has 2 saturated heterocycles. The molecule has 148 valence electrons. The molecule has 2 aliphatic heterocycles. The Bertz CT molecular complexity index is 919. The Kier molecular flexibility index (Phi) is 4.40. The second-order valence-electron chi connectivity index (χ2n) is 9.21. The summed E-state index contributed by atoms with van der Waals surface area (Å²) in [5.74, 6) is 0.508. The van der Waals surface area contributed by atoms with E-state index in [-0.39, 0.29) is 5.56 Å². The maximum absolute atomic E-state index is 12.3. The molecule has 28 heavy (non-hydrogen) atoms. The van der Waals surface area contributed by atoms with Crippen molar-refractivity contribution in [1.29, 1.82) is 0 Å². The zero-order valence-electron chi connectivity index (χ0n) is 16.6. The lowest BCUT2D eigenvalue weighted by Crippen LogP contribution is -2.53. The van der Waals surface area contributed by atoms with Crippen LogP contribution in [0.5, 0.6) is 0 Å². The molecule has 5 heteroatoms. The average Bonchev–Trinajstić information content (AvgIpc) is 3.45. The summed E-state index contributed by atoms with van der Waals surface area (Å²) in [6.07, 6.45) is 6.02. The van der Waals surface area contributed by atoms with Crippen LogP contribution < -0.4 is 5.56 Å². The number of aromatic nitrogens is 2. The molecule has 0 unspecified atom stereocenters. The van der Waals surface area contributed by atoms with Gasteiger partial charge in [-0.15, -0.1) is 0 Å². The van der Waals surface area contributed by atoms with E-state index in [1.54, 1.807) is 6.07 Å². The Morgan fingerprint density at radius 2 is 1.86 bits per heavy atom. The van der Waals surface area contributed by atoms with Crippen molar-refractivity contribution in [2.45, 2.75) is 82.1 Å². The number of aryl methyl sites for hydroxylation is 1. The van der Waals surface area contributed by atoms with Crippen molar-refractivity contribution < 1.29 is 5.11 Å². The molecule has 1 aliphatic carbocycles. The van der Waals surface area contributed by atoms with Crippen LogP contribution in [0.15, 0.2) is 41.2 Å². The number of nitrogens with zero attached hydrogens (tertiary/aromatic N) is 3. The monoisotopic (exact) mass is 379 g/mol.